The van der Waals surface area contributed by atoms with Crippen LogP contribution in [0.4, 0.5) is 11.4 Å². The fourth-order valence-electron chi connectivity index (χ4n) is 2.32. The highest BCUT2D eigenvalue weighted by molar-refractivity contribution is 6.30. The smallest absolute Gasteiger partial charge is 0.142 e. The molecule has 0 saturated heterocycles. The number of hydrogen-bond donors (Lipinski definition) is 1. The van der Waals surface area contributed by atoms with E-state index in [1.807, 2.05) is 49.5 Å². The Labute approximate surface area is 131 Å². The molecule has 2 rings (SSSR count). The second-order valence-electron chi connectivity index (χ2n) is 4.78. The Kier molecular flexibility index (Phi) is 5.48. The molecule has 2 aromatic rings. The van der Waals surface area contributed by atoms with Crippen molar-refractivity contribution in [3.05, 3.63) is 53.1 Å². The van der Waals surface area contributed by atoms with Crippen LogP contribution < -0.4 is 15.0 Å². The number of nitrogens with one attached hydrogen (secondary N) is 1. The Balaban J connectivity index is 2.40. The van der Waals surface area contributed by atoms with Crippen molar-refractivity contribution in [3.8, 4) is 5.75 Å². The average molecular weight is 305 g/mol. The first-order valence-electron chi connectivity index (χ1n) is 7.03. The second kappa shape index (κ2) is 7.34. The molecule has 1 N–H and O–H groups in total. The van der Waals surface area contributed by atoms with E-state index in [-0.39, 0.29) is 0 Å². The SMILES string of the molecule is CCNCc1cc(Cl)ccc1N(C)c1ccccc1OC. The number of hydrogen-bond acceptors (Lipinski definition) is 3. The van der Waals surface area contributed by atoms with Crippen LogP contribution >= 0.6 is 11.6 Å². The topological polar surface area (TPSA) is 24.5 Å². The van der Waals surface area contributed by atoms with Crippen LogP contribution in [0.15, 0.2) is 42.5 Å². The molecule has 4 heteroatoms. The number of ether oxygens (including phenoxy) is 1. The van der Waals surface area contributed by atoms with Crippen LogP contribution in [0, 0.1) is 0 Å². The largest absolute Gasteiger partial charge is 0.495 e. The van der Waals surface area contributed by atoms with Crippen LogP contribution in [0.3, 0.4) is 0 Å². The van der Waals surface area contributed by atoms with Crippen molar-refractivity contribution in [1.82, 2.24) is 5.32 Å². The summed E-state index contributed by atoms with van der Waals surface area (Å²) in [6.45, 7) is 3.80. The first-order valence-corrected chi connectivity index (χ1v) is 7.41. The van der Waals surface area contributed by atoms with Gasteiger partial charge in [-0.25, -0.2) is 0 Å². The minimum Gasteiger partial charge on any atom is -0.495 e. The lowest BCUT2D eigenvalue weighted by molar-refractivity contribution is 0.415. The van der Waals surface area contributed by atoms with E-state index < -0.39 is 0 Å². The summed E-state index contributed by atoms with van der Waals surface area (Å²) in [4.78, 5) is 2.13. The predicted molar refractivity (Wildman–Crippen MR) is 89.9 cm³/mol. The highest BCUT2D eigenvalue weighted by Crippen LogP contribution is 2.34. The molecule has 3 nitrogen and oxygen atoms in total. The lowest BCUT2D eigenvalue weighted by atomic mass is 10.1. The molecule has 0 atom stereocenters. The Bertz CT molecular complexity index is 601. The van der Waals surface area contributed by atoms with Gasteiger partial charge in [-0.15, -0.1) is 0 Å². The summed E-state index contributed by atoms with van der Waals surface area (Å²) in [6, 6.07) is 14.0. The van der Waals surface area contributed by atoms with Gasteiger partial charge < -0.3 is 15.0 Å². The molecule has 0 heterocycles. The van der Waals surface area contributed by atoms with Gasteiger partial charge in [-0.1, -0.05) is 30.7 Å². The van der Waals surface area contributed by atoms with E-state index in [9.17, 15) is 0 Å². The summed E-state index contributed by atoms with van der Waals surface area (Å²) >= 11 is 6.13. The lowest BCUT2D eigenvalue weighted by Gasteiger charge is -2.24. The summed E-state index contributed by atoms with van der Waals surface area (Å²) in [7, 11) is 3.73. The van der Waals surface area contributed by atoms with Gasteiger partial charge in [0.2, 0.25) is 0 Å². The molecule has 0 spiro atoms. The van der Waals surface area contributed by atoms with Gasteiger partial charge in [-0.3, -0.25) is 0 Å². The van der Waals surface area contributed by atoms with Gasteiger partial charge in [0.05, 0.1) is 12.8 Å². The van der Waals surface area contributed by atoms with E-state index in [1.165, 1.54) is 0 Å². The molecule has 0 aliphatic heterocycles. The van der Waals surface area contributed by atoms with Crippen molar-refractivity contribution in [3.63, 3.8) is 0 Å². The van der Waals surface area contributed by atoms with E-state index in [0.717, 1.165) is 40.8 Å². The Hall–Kier alpha value is -1.71. The molecule has 0 saturated carbocycles. The third-order valence-corrected chi connectivity index (χ3v) is 3.65. The normalized spacial score (nSPS) is 10.5. The van der Waals surface area contributed by atoms with E-state index >= 15 is 0 Å². The number of benzene rings is 2. The standard InChI is InChI=1S/C17H21ClN2O/c1-4-19-12-13-11-14(18)9-10-15(13)20(2)16-7-5-6-8-17(16)21-3/h5-11,19H,4,12H2,1-3H3. The van der Waals surface area contributed by atoms with E-state index in [4.69, 9.17) is 16.3 Å². The maximum atomic E-state index is 6.13. The Morgan fingerprint density at radius 2 is 1.90 bits per heavy atom. The second-order valence-corrected chi connectivity index (χ2v) is 5.22. The van der Waals surface area contributed by atoms with Gasteiger partial charge >= 0.3 is 0 Å². The zero-order chi connectivity index (χ0) is 15.2. The van der Waals surface area contributed by atoms with Crippen molar-refractivity contribution in [2.45, 2.75) is 13.5 Å². The fourth-order valence-corrected chi connectivity index (χ4v) is 2.51. The van der Waals surface area contributed by atoms with Gasteiger partial charge in [0.1, 0.15) is 5.75 Å². The summed E-state index contributed by atoms with van der Waals surface area (Å²) in [5, 5.41) is 4.10. The first-order chi connectivity index (χ1) is 10.2. The van der Waals surface area contributed by atoms with Gasteiger partial charge in [0.15, 0.2) is 0 Å². The van der Waals surface area contributed by atoms with Gasteiger partial charge in [0, 0.05) is 24.3 Å². The molecule has 2 aromatic carbocycles. The summed E-state index contributed by atoms with van der Waals surface area (Å²) in [5.41, 5.74) is 3.31. The van der Waals surface area contributed by atoms with Gasteiger partial charge in [-0.05, 0) is 42.4 Å². The molecule has 0 aliphatic rings. The minimum absolute atomic E-state index is 0.750. The maximum absolute atomic E-state index is 6.13. The number of methoxy groups -OCH3 is 1. The maximum Gasteiger partial charge on any atom is 0.142 e. The van der Waals surface area contributed by atoms with Crippen LogP contribution in [0.1, 0.15) is 12.5 Å². The first kappa shape index (κ1) is 15.7. The highest BCUT2D eigenvalue weighted by atomic mass is 35.5. The van der Waals surface area contributed by atoms with Crippen LogP contribution in [0.5, 0.6) is 5.75 Å². The molecule has 0 radical (unpaired) electrons. The molecule has 0 fully saturated rings. The zero-order valence-electron chi connectivity index (χ0n) is 12.7. The molecule has 0 unspecified atom stereocenters. The predicted octanol–water partition coefficient (Wildman–Crippen LogP) is 4.23. The van der Waals surface area contributed by atoms with Gasteiger partial charge in [-0.2, -0.15) is 0 Å². The highest BCUT2D eigenvalue weighted by Gasteiger charge is 2.13. The quantitative estimate of drug-likeness (QED) is 0.864. The molecule has 0 aliphatic carbocycles. The van der Waals surface area contributed by atoms with Crippen molar-refractivity contribution < 1.29 is 4.74 Å². The Morgan fingerprint density at radius 3 is 2.62 bits per heavy atom. The number of anilines is 2. The lowest BCUT2D eigenvalue weighted by Crippen LogP contribution is -2.17. The van der Waals surface area contributed by atoms with E-state index in [2.05, 4.69) is 17.1 Å². The molecule has 0 amide bonds. The van der Waals surface area contributed by atoms with Crippen LogP contribution in [-0.4, -0.2) is 20.7 Å². The zero-order valence-corrected chi connectivity index (χ0v) is 13.4. The third kappa shape index (κ3) is 3.69. The van der Waals surface area contributed by atoms with Crippen molar-refractivity contribution in [1.29, 1.82) is 0 Å². The number of rotatable bonds is 6. The average Bonchev–Trinajstić information content (AvgIpc) is 2.52. The number of halogens is 1. The monoisotopic (exact) mass is 304 g/mol. The van der Waals surface area contributed by atoms with Crippen LogP contribution in [0.2, 0.25) is 5.02 Å². The fraction of sp³-hybridized carbons (Fsp3) is 0.294. The molecular formula is C17H21ClN2O. The van der Waals surface area contributed by atoms with E-state index in [1.54, 1.807) is 7.11 Å². The molecule has 21 heavy (non-hydrogen) atoms. The van der Waals surface area contributed by atoms with Crippen molar-refractivity contribution in [2.75, 3.05) is 25.6 Å². The summed E-state index contributed by atoms with van der Waals surface area (Å²) < 4.78 is 5.45. The minimum atomic E-state index is 0.750. The summed E-state index contributed by atoms with van der Waals surface area (Å²) in [6.07, 6.45) is 0. The number of para-hydroxylation sites is 2. The molecule has 0 aromatic heterocycles. The van der Waals surface area contributed by atoms with Crippen LogP contribution in [-0.2, 0) is 6.54 Å². The molecule has 112 valence electrons. The van der Waals surface area contributed by atoms with E-state index in [0.29, 0.717) is 0 Å². The van der Waals surface area contributed by atoms with Gasteiger partial charge in [0.25, 0.3) is 0 Å². The Morgan fingerprint density at radius 1 is 1.14 bits per heavy atom. The third-order valence-electron chi connectivity index (χ3n) is 3.41. The number of nitrogens with zero attached hydrogens (tertiary/aromatic N) is 1. The van der Waals surface area contributed by atoms with Crippen molar-refractivity contribution >= 4 is 23.0 Å². The van der Waals surface area contributed by atoms with Crippen LogP contribution in [0.25, 0.3) is 0 Å². The summed E-state index contributed by atoms with van der Waals surface area (Å²) in [5.74, 6) is 0.851. The molecular weight excluding hydrogens is 284 g/mol. The molecule has 0 bridgehead atoms. The van der Waals surface area contributed by atoms with Crippen molar-refractivity contribution in [2.24, 2.45) is 0 Å².